The molecule has 0 aromatic heterocycles. The van der Waals surface area contributed by atoms with Gasteiger partial charge in [0, 0.05) is 6.61 Å². The predicted octanol–water partition coefficient (Wildman–Crippen LogP) is 3.99. The zero-order valence-corrected chi connectivity index (χ0v) is 9.75. The van der Waals surface area contributed by atoms with Crippen molar-refractivity contribution in [1.29, 1.82) is 0 Å². The number of aliphatic hydroxyl groups is 1. The monoisotopic (exact) mass is 208 g/mol. The minimum Gasteiger partial charge on any atom is -0.396 e. The van der Waals surface area contributed by atoms with Gasteiger partial charge in [-0.1, -0.05) is 49.5 Å². The Kier molecular flexibility index (Phi) is 7.28. The molecule has 0 heterocycles. The van der Waals surface area contributed by atoms with Gasteiger partial charge in [0.05, 0.1) is 0 Å². The molecule has 1 aliphatic carbocycles. The molecule has 0 atom stereocenters. The fourth-order valence-corrected chi connectivity index (χ4v) is 2.02. The summed E-state index contributed by atoms with van der Waals surface area (Å²) in [6, 6.07) is 0. The van der Waals surface area contributed by atoms with Gasteiger partial charge in [-0.25, -0.2) is 0 Å². The fourth-order valence-electron chi connectivity index (χ4n) is 2.02. The third-order valence-corrected chi connectivity index (χ3v) is 3.00. The van der Waals surface area contributed by atoms with Gasteiger partial charge in [0.25, 0.3) is 0 Å². The lowest BCUT2D eigenvalue weighted by Crippen LogP contribution is -1.88. The van der Waals surface area contributed by atoms with Crippen LogP contribution in [-0.2, 0) is 0 Å². The SMILES string of the molecule is OCCCCCCCCC1=CCC=CC1. The van der Waals surface area contributed by atoms with Crippen LogP contribution in [0.3, 0.4) is 0 Å². The van der Waals surface area contributed by atoms with Crippen LogP contribution in [0.4, 0.5) is 0 Å². The van der Waals surface area contributed by atoms with Crippen LogP contribution in [0.1, 0.15) is 57.8 Å². The minimum atomic E-state index is 0.360. The smallest absolute Gasteiger partial charge is 0.0431 e. The standard InChI is InChI=1S/C14H24O/c15-13-9-4-2-1-3-6-10-14-11-7-5-8-12-14/h5,7,12,15H,1-4,6,8-11,13H2. The average molecular weight is 208 g/mol. The predicted molar refractivity (Wildman–Crippen MR) is 65.9 cm³/mol. The number of allylic oxidation sites excluding steroid dienone is 4. The Morgan fingerprint density at radius 1 is 0.933 bits per heavy atom. The van der Waals surface area contributed by atoms with Crippen molar-refractivity contribution in [3.63, 3.8) is 0 Å². The quantitative estimate of drug-likeness (QED) is 0.472. The fraction of sp³-hybridized carbons (Fsp3) is 0.714. The van der Waals surface area contributed by atoms with Crippen LogP contribution >= 0.6 is 0 Å². The zero-order chi connectivity index (χ0) is 10.8. The molecule has 0 radical (unpaired) electrons. The molecule has 0 saturated heterocycles. The van der Waals surface area contributed by atoms with E-state index in [4.69, 9.17) is 5.11 Å². The van der Waals surface area contributed by atoms with Crippen molar-refractivity contribution in [3.05, 3.63) is 23.8 Å². The third kappa shape index (κ3) is 6.51. The highest BCUT2D eigenvalue weighted by Crippen LogP contribution is 2.18. The van der Waals surface area contributed by atoms with Crippen LogP contribution in [-0.4, -0.2) is 11.7 Å². The van der Waals surface area contributed by atoms with E-state index >= 15 is 0 Å². The molecule has 1 nitrogen and oxygen atoms in total. The zero-order valence-electron chi connectivity index (χ0n) is 9.75. The van der Waals surface area contributed by atoms with E-state index in [2.05, 4.69) is 18.2 Å². The van der Waals surface area contributed by atoms with Gasteiger partial charge in [-0.3, -0.25) is 0 Å². The first-order chi connectivity index (χ1) is 7.43. The molecular weight excluding hydrogens is 184 g/mol. The van der Waals surface area contributed by atoms with Crippen molar-refractivity contribution in [2.24, 2.45) is 0 Å². The summed E-state index contributed by atoms with van der Waals surface area (Å²) in [4.78, 5) is 0. The Balaban J connectivity index is 1.86. The molecule has 0 aromatic rings. The normalized spacial score (nSPS) is 15.4. The molecule has 86 valence electrons. The maximum Gasteiger partial charge on any atom is 0.0431 e. The molecule has 1 heteroatoms. The van der Waals surface area contributed by atoms with Crippen LogP contribution in [0.15, 0.2) is 23.8 Å². The largest absolute Gasteiger partial charge is 0.396 e. The van der Waals surface area contributed by atoms with E-state index in [1.54, 1.807) is 5.57 Å². The summed E-state index contributed by atoms with van der Waals surface area (Å²) in [7, 11) is 0. The van der Waals surface area contributed by atoms with Crippen LogP contribution in [0.25, 0.3) is 0 Å². The molecule has 0 saturated carbocycles. The molecule has 0 amide bonds. The van der Waals surface area contributed by atoms with Crippen LogP contribution < -0.4 is 0 Å². The maximum absolute atomic E-state index is 8.63. The number of rotatable bonds is 8. The van der Waals surface area contributed by atoms with Crippen molar-refractivity contribution < 1.29 is 5.11 Å². The Morgan fingerprint density at radius 2 is 1.67 bits per heavy atom. The summed E-state index contributed by atoms with van der Waals surface area (Å²) in [5.41, 5.74) is 1.63. The second-order valence-corrected chi connectivity index (χ2v) is 4.37. The number of hydrogen-bond donors (Lipinski definition) is 1. The van der Waals surface area contributed by atoms with Crippen LogP contribution in [0, 0.1) is 0 Å². The first-order valence-electron chi connectivity index (χ1n) is 6.37. The lowest BCUT2D eigenvalue weighted by molar-refractivity contribution is 0.282. The lowest BCUT2D eigenvalue weighted by Gasteiger charge is -2.07. The van der Waals surface area contributed by atoms with Crippen molar-refractivity contribution in [2.45, 2.75) is 57.8 Å². The summed E-state index contributed by atoms with van der Waals surface area (Å²) in [5.74, 6) is 0. The molecule has 0 spiro atoms. The highest BCUT2D eigenvalue weighted by atomic mass is 16.2. The number of aliphatic hydroxyl groups excluding tert-OH is 1. The molecular formula is C14H24O. The van der Waals surface area contributed by atoms with Crippen LogP contribution in [0.5, 0.6) is 0 Å². The molecule has 1 rings (SSSR count). The summed E-state index contributed by atoms with van der Waals surface area (Å²) >= 11 is 0. The highest BCUT2D eigenvalue weighted by Gasteiger charge is 1.98. The molecule has 0 fully saturated rings. The van der Waals surface area contributed by atoms with Gasteiger partial charge >= 0.3 is 0 Å². The molecule has 1 N–H and O–H groups in total. The van der Waals surface area contributed by atoms with E-state index in [1.807, 2.05) is 0 Å². The van der Waals surface area contributed by atoms with Crippen molar-refractivity contribution >= 4 is 0 Å². The number of unbranched alkanes of at least 4 members (excludes halogenated alkanes) is 5. The molecule has 0 unspecified atom stereocenters. The molecule has 15 heavy (non-hydrogen) atoms. The minimum absolute atomic E-state index is 0.360. The Hall–Kier alpha value is -0.560. The van der Waals surface area contributed by atoms with E-state index < -0.39 is 0 Å². The van der Waals surface area contributed by atoms with Crippen molar-refractivity contribution in [1.82, 2.24) is 0 Å². The van der Waals surface area contributed by atoms with Gasteiger partial charge in [-0.05, 0) is 32.1 Å². The first kappa shape index (κ1) is 12.5. The molecule has 1 aliphatic rings. The van der Waals surface area contributed by atoms with Gasteiger partial charge in [0.2, 0.25) is 0 Å². The number of hydrogen-bond acceptors (Lipinski definition) is 1. The Morgan fingerprint density at radius 3 is 2.33 bits per heavy atom. The van der Waals surface area contributed by atoms with Crippen molar-refractivity contribution in [3.8, 4) is 0 Å². The second-order valence-electron chi connectivity index (χ2n) is 4.37. The third-order valence-electron chi connectivity index (χ3n) is 3.00. The summed E-state index contributed by atoms with van der Waals surface area (Å²) in [6.45, 7) is 0.360. The Bertz CT molecular complexity index is 203. The van der Waals surface area contributed by atoms with Crippen molar-refractivity contribution in [2.75, 3.05) is 6.61 Å². The van der Waals surface area contributed by atoms with E-state index in [-0.39, 0.29) is 0 Å². The summed E-state index contributed by atoms with van der Waals surface area (Å²) < 4.78 is 0. The van der Waals surface area contributed by atoms with Gasteiger partial charge < -0.3 is 5.11 Å². The van der Waals surface area contributed by atoms with E-state index in [0.29, 0.717) is 6.61 Å². The molecule has 0 aromatic carbocycles. The molecule has 0 bridgehead atoms. The van der Waals surface area contributed by atoms with E-state index in [1.165, 1.54) is 44.9 Å². The van der Waals surface area contributed by atoms with Gasteiger partial charge in [-0.2, -0.15) is 0 Å². The Labute approximate surface area is 93.9 Å². The topological polar surface area (TPSA) is 20.2 Å². The van der Waals surface area contributed by atoms with E-state index in [0.717, 1.165) is 12.8 Å². The van der Waals surface area contributed by atoms with Crippen LogP contribution in [0.2, 0.25) is 0 Å². The average Bonchev–Trinajstić information content (AvgIpc) is 2.29. The summed E-state index contributed by atoms with van der Waals surface area (Å²) in [5, 5.41) is 8.63. The lowest BCUT2D eigenvalue weighted by atomic mass is 9.99. The second kappa shape index (κ2) is 8.72. The summed E-state index contributed by atoms with van der Waals surface area (Å²) in [6.07, 6.45) is 18.0. The van der Waals surface area contributed by atoms with E-state index in [9.17, 15) is 0 Å². The molecule has 0 aliphatic heterocycles. The van der Waals surface area contributed by atoms with Gasteiger partial charge in [-0.15, -0.1) is 0 Å². The highest BCUT2D eigenvalue weighted by molar-refractivity contribution is 5.14. The first-order valence-corrected chi connectivity index (χ1v) is 6.37. The van der Waals surface area contributed by atoms with Gasteiger partial charge in [0.15, 0.2) is 0 Å². The van der Waals surface area contributed by atoms with Gasteiger partial charge in [0.1, 0.15) is 0 Å². The maximum atomic E-state index is 8.63.